The maximum Gasteiger partial charge on any atom is 0.0541 e. The number of hydrogen-bond acceptors (Lipinski definition) is 2. The molecule has 3 heteroatoms. The van der Waals surface area contributed by atoms with Crippen molar-refractivity contribution in [3.05, 3.63) is 193 Å². The van der Waals surface area contributed by atoms with Crippen LogP contribution in [0.1, 0.15) is 25.0 Å². The first kappa shape index (κ1) is 31.1. The van der Waals surface area contributed by atoms with Crippen molar-refractivity contribution in [3.63, 3.8) is 0 Å². The van der Waals surface area contributed by atoms with Crippen molar-refractivity contribution in [2.24, 2.45) is 0 Å². The number of nitrogens with zero attached hydrogens (tertiary/aromatic N) is 2. The lowest BCUT2D eigenvalue weighted by molar-refractivity contribution is 0.660. The zero-order valence-electron chi connectivity index (χ0n) is 30.1. The van der Waals surface area contributed by atoms with E-state index in [0.29, 0.717) is 0 Å². The fraction of sp³-hybridized carbons (Fsp3) is 0.0588. The van der Waals surface area contributed by atoms with E-state index in [0.717, 1.165) is 11.4 Å². The fourth-order valence-electron chi connectivity index (χ4n) is 8.94. The molecule has 0 radical (unpaired) electrons. The van der Waals surface area contributed by atoms with Crippen molar-refractivity contribution >= 4 is 70.4 Å². The summed E-state index contributed by atoms with van der Waals surface area (Å²) in [5.41, 5.74) is 14.9. The largest absolute Gasteiger partial charge is 0.310 e. The van der Waals surface area contributed by atoms with Gasteiger partial charge in [-0.25, -0.2) is 0 Å². The van der Waals surface area contributed by atoms with E-state index in [1.165, 1.54) is 86.7 Å². The average molecular weight is 709 g/mol. The van der Waals surface area contributed by atoms with Gasteiger partial charge >= 0.3 is 0 Å². The molecule has 0 unspecified atom stereocenters. The van der Waals surface area contributed by atoms with Crippen LogP contribution in [0.5, 0.6) is 0 Å². The molecule has 2 aromatic heterocycles. The van der Waals surface area contributed by atoms with Gasteiger partial charge in [0.1, 0.15) is 0 Å². The van der Waals surface area contributed by atoms with Gasteiger partial charge in [-0.05, 0) is 100 Å². The van der Waals surface area contributed by atoms with Crippen LogP contribution in [0.25, 0.3) is 69.9 Å². The van der Waals surface area contributed by atoms with Crippen molar-refractivity contribution in [3.8, 4) is 27.9 Å². The number of aromatic nitrogens is 1. The molecule has 0 atom stereocenters. The lowest BCUT2D eigenvalue weighted by atomic mass is 9.82. The van der Waals surface area contributed by atoms with Crippen LogP contribution < -0.4 is 4.90 Å². The highest BCUT2D eigenvalue weighted by molar-refractivity contribution is 7.25. The van der Waals surface area contributed by atoms with Crippen LogP contribution in [0, 0.1) is 0 Å². The molecule has 1 aliphatic rings. The molecule has 256 valence electrons. The number of para-hydroxylation sites is 3. The molecule has 2 heterocycles. The molecule has 2 nitrogen and oxygen atoms in total. The van der Waals surface area contributed by atoms with Gasteiger partial charge in [-0.2, -0.15) is 0 Å². The minimum absolute atomic E-state index is 0.0635. The quantitative estimate of drug-likeness (QED) is 0.173. The third-order valence-electron chi connectivity index (χ3n) is 11.6. The maximum atomic E-state index is 2.41. The predicted octanol–water partition coefficient (Wildman–Crippen LogP) is 14.6. The second-order valence-corrected chi connectivity index (χ2v) is 16.1. The third kappa shape index (κ3) is 4.65. The average Bonchev–Trinajstić information content (AvgIpc) is 3.83. The van der Waals surface area contributed by atoms with Crippen LogP contribution in [-0.4, -0.2) is 4.57 Å². The Morgan fingerprint density at radius 2 is 1.00 bits per heavy atom. The zero-order valence-corrected chi connectivity index (χ0v) is 30.9. The molecule has 10 aromatic rings. The number of hydrogen-bond donors (Lipinski definition) is 0. The summed E-state index contributed by atoms with van der Waals surface area (Å²) in [5, 5.41) is 5.19. The second kappa shape index (κ2) is 11.8. The lowest BCUT2D eigenvalue weighted by Gasteiger charge is -2.28. The summed E-state index contributed by atoms with van der Waals surface area (Å²) in [6, 6.07) is 67.0. The van der Waals surface area contributed by atoms with Gasteiger partial charge in [0.2, 0.25) is 0 Å². The molecular weight excluding hydrogens is 673 g/mol. The van der Waals surface area contributed by atoms with E-state index in [-0.39, 0.29) is 5.41 Å². The summed E-state index contributed by atoms with van der Waals surface area (Å²) in [5.74, 6) is 0. The van der Waals surface area contributed by atoms with Crippen LogP contribution in [0.4, 0.5) is 17.1 Å². The van der Waals surface area contributed by atoms with E-state index in [1.54, 1.807) is 0 Å². The molecule has 0 bridgehead atoms. The van der Waals surface area contributed by atoms with Crippen LogP contribution >= 0.6 is 11.3 Å². The minimum Gasteiger partial charge on any atom is -0.310 e. The molecule has 0 fully saturated rings. The van der Waals surface area contributed by atoms with Crippen molar-refractivity contribution in [2.45, 2.75) is 19.3 Å². The third-order valence-corrected chi connectivity index (χ3v) is 12.7. The topological polar surface area (TPSA) is 8.17 Å². The van der Waals surface area contributed by atoms with Crippen LogP contribution in [0.2, 0.25) is 0 Å². The number of benzene rings is 8. The molecule has 0 spiro atoms. The van der Waals surface area contributed by atoms with E-state index in [9.17, 15) is 0 Å². The summed E-state index contributed by atoms with van der Waals surface area (Å²) in [7, 11) is 0. The van der Waals surface area contributed by atoms with E-state index in [4.69, 9.17) is 0 Å². The normalized spacial score (nSPS) is 13.1. The molecule has 8 aromatic carbocycles. The number of anilines is 3. The van der Waals surface area contributed by atoms with E-state index < -0.39 is 0 Å². The van der Waals surface area contributed by atoms with E-state index in [1.807, 2.05) is 11.3 Å². The van der Waals surface area contributed by atoms with Crippen molar-refractivity contribution in [1.29, 1.82) is 0 Å². The Bertz CT molecular complexity index is 3020. The summed E-state index contributed by atoms with van der Waals surface area (Å²) >= 11 is 1.88. The summed E-state index contributed by atoms with van der Waals surface area (Å²) in [4.78, 5) is 2.38. The van der Waals surface area contributed by atoms with Gasteiger partial charge in [0, 0.05) is 59.1 Å². The molecule has 54 heavy (non-hydrogen) atoms. The Hall–Kier alpha value is -6.42. The molecule has 0 aliphatic heterocycles. The maximum absolute atomic E-state index is 2.41. The van der Waals surface area contributed by atoms with Gasteiger partial charge in [-0.3, -0.25) is 0 Å². The molecule has 11 rings (SSSR count). The smallest absolute Gasteiger partial charge is 0.0541 e. The van der Waals surface area contributed by atoms with Gasteiger partial charge in [0.25, 0.3) is 0 Å². The zero-order chi connectivity index (χ0) is 36.0. The van der Waals surface area contributed by atoms with Gasteiger partial charge in [-0.1, -0.05) is 129 Å². The molecule has 0 saturated heterocycles. The van der Waals surface area contributed by atoms with E-state index in [2.05, 4.69) is 205 Å². The highest BCUT2D eigenvalue weighted by Gasteiger charge is 2.35. The lowest BCUT2D eigenvalue weighted by Crippen LogP contribution is -2.16. The highest BCUT2D eigenvalue weighted by atomic mass is 32.1. The Balaban J connectivity index is 0.960. The first-order chi connectivity index (χ1) is 26.5. The minimum atomic E-state index is -0.0635. The Morgan fingerprint density at radius 1 is 0.426 bits per heavy atom. The standard InChI is InChI=1S/C51H36N2S/c1-51(2)45-17-9-6-14-39(45)40-28-25-37(31-46(40)51)52(35-12-4-3-5-13-35)36-23-20-33(21-24-36)34-22-27-43-44-29-26-38(32-50(44)54-49(43)30-34)53-47-18-10-7-15-41(47)42-16-8-11-19-48(42)53/h3-32H,1-2H3. The number of thiophene rings is 1. The molecule has 0 amide bonds. The molecular formula is C51H36N2S. The molecule has 1 aliphatic carbocycles. The van der Waals surface area contributed by atoms with Gasteiger partial charge in [-0.15, -0.1) is 11.3 Å². The van der Waals surface area contributed by atoms with Gasteiger partial charge < -0.3 is 9.47 Å². The molecule has 0 saturated carbocycles. The first-order valence-corrected chi connectivity index (χ1v) is 19.5. The van der Waals surface area contributed by atoms with Gasteiger partial charge in [0.05, 0.1) is 11.0 Å². The fourth-order valence-corrected chi connectivity index (χ4v) is 10.1. The number of rotatable bonds is 5. The molecule has 0 N–H and O–H groups in total. The number of fused-ring (bicyclic) bond motifs is 9. The summed E-state index contributed by atoms with van der Waals surface area (Å²) < 4.78 is 5.01. The first-order valence-electron chi connectivity index (χ1n) is 18.7. The van der Waals surface area contributed by atoms with Crippen LogP contribution in [-0.2, 0) is 5.41 Å². The highest BCUT2D eigenvalue weighted by Crippen LogP contribution is 2.50. The summed E-state index contributed by atoms with van der Waals surface area (Å²) in [6.45, 7) is 4.70. The SMILES string of the molecule is CC1(C)c2ccccc2-c2ccc(N(c3ccccc3)c3ccc(-c4ccc5c(c4)sc4cc(-n6c7ccccc7c7ccccc76)ccc45)cc3)cc21. The van der Waals surface area contributed by atoms with Crippen LogP contribution in [0.3, 0.4) is 0 Å². The van der Waals surface area contributed by atoms with Crippen molar-refractivity contribution in [1.82, 2.24) is 4.57 Å². The van der Waals surface area contributed by atoms with Crippen molar-refractivity contribution < 1.29 is 0 Å². The monoisotopic (exact) mass is 708 g/mol. The van der Waals surface area contributed by atoms with E-state index >= 15 is 0 Å². The van der Waals surface area contributed by atoms with Gasteiger partial charge in [0.15, 0.2) is 0 Å². The van der Waals surface area contributed by atoms with Crippen LogP contribution in [0.15, 0.2) is 182 Å². The predicted molar refractivity (Wildman–Crippen MR) is 231 cm³/mol. The Kier molecular flexibility index (Phi) is 6.80. The Morgan fingerprint density at radius 3 is 1.76 bits per heavy atom. The Labute approximate surface area is 318 Å². The summed E-state index contributed by atoms with van der Waals surface area (Å²) in [6.07, 6.45) is 0. The van der Waals surface area contributed by atoms with Crippen molar-refractivity contribution in [2.75, 3.05) is 4.90 Å². The second-order valence-electron chi connectivity index (χ2n) is 15.0.